The van der Waals surface area contributed by atoms with Crippen LogP contribution in [0.25, 0.3) is 0 Å². The summed E-state index contributed by atoms with van der Waals surface area (Å²) in [6, 6.07) is 6.09. The molecule has 0 bridgehead atoms. The molecule has 1 N–H and O–H groups in total. The van der Waals surface area contributed by atoms with Crippen LogP contribution in [0.2, 0.25) is 0 Å². The first-order valence-corrected chi connectivity index (χ1v) is 5.66. The topological polar surface area (TPSA) is 32.6 Å². The van der Waals surface area contributed by atoms with Crippen molar-refractivity contribution in [3.8, 4) is 5.75 Å². The van der Waals surface area contributed by atoms with Gasteiger partial charge in [-0.1, -0.05) is 6.07 Å². The molecule has 74 valence electrons. The Morgan fingerprint density at radius 3 is 2.86 bits per heavy atom. The summed E-state index contributed by atoms with van der Waals surface area (Å²) in [5.74, 6) is 1.35. The lowest BCUT2D eigenvalue weighted by Gasteiger charge is -2.03. The molecule has 1 atom stereocenters. The number of aryl methyl sites for hydroxylation is 1. The van der Waals surface area contributed by atoms with E-state index in [0.717, 1.165) is 21.9 Å². The van der Waals surface area contributed by atoms with Gasteiger partial charge in [0.2, 0.25) is 0 Å². The second-order valence-corrected chi connectivity index (χ2v) is 4.62. The van der Waals surface area contributed by atoms with Crippen LogP contribution >= 0.6 is 11.8 Å². The van der Waals surface area contributed by atoms with E-state index in [1.807, 2.05) is 19.1 Å². The van der Waals surface area contributed by atoms with Crippen molar-refractivity contribution in [2.24, 2.45) is 4.99 Å². The molecule has 1 aliphatic rings. The fraction of sp³-hybridized carbons (Fsp3) is 0.364. The van der Waals surface area contributed by atoms with Crippen molar-refractivity contribution >= 4 is 16.8 Å². The molecule has 0 saturated heterocycles. The van der Waals surface area contributed by atoms with E-state index in [1.54, 1.807) is 17.8 Å². The summed E-state index contributed by atoms with van der Waals surface area (Å²) in [6.07, 6.45) is 0. The summed E-state index contributed by atoms with van der Waals surface area (Å²) < 4.78 is 0. The average molecular weight is 207 g/mol. The minimum atomic E-state index is 0.338. The molecule has 14 heavy (non-hydrogen) atoms. The predicted octanol–water partition coefficient (Wildman–Crippen LogP) is 2.58. The Bertz CT molecular complexity index is 387. The zero-order valence-electron chi connectivity index (χ0n) is 8.32. The Morgan fingerprint density at radius 2 is 2.29 bits per heavy atom. The average Bonchev–Trinajstić information content (AvgIpc) is 2.51. The Hall–Kier alpha value is -0.960. The fourth-order valence-corrected chi connectivity index (χ4v) is 2.50. The molecule has 2 rings (SSSR count). The van der Waals surface area contributed by atoms with E-state index in [4.69, 9.17) is 0 Å². The first-order chi connectivity index (χ1) is 6.66. The number of benzene rings is 1. The fourth-order valence-electron chi connectivity index (χ4n) is 1.44. The number of aromatic hydroxyl groups is 1. The van der Waals surface area contributed by atoms with Gasteiger partial charge in [-0.25, -0.2) is 0 Å². The highest BCUT2D eigenvalue weighted by atomic mass is 32.2. The lowest BCUT2D eigenvalue weighted by atomic mass is 10.1. The van der Waals surface area contributed by atoms with Gasteiger partial charge in [0, 0.05) is 11.3 Å². The van der Waals surface area contributed by atoms with Crippen LogP contribution in [0.5, 0.6) is 5.75 Å². The summed E-state index contributed by atoms with van der Waals surface area (Å²) in [5, 5.41) is 10.7. The minimum Gasteiger partial charge on any atom is -0.507 e. The van der Waals surface area contributed by atoms with Crippen LogP contribution in [0.3, 0.4) is 0 Å². The molecule has 3 heteroatoms. The molecule has 1 heterocycles. The first-order valence-electron chi connectivity index (χ1n) is 4.67. The second kappa shape index (κ2) is 3.65. The maximum absolute atomic E-state index is 9.74. The number of aliphatic imine (C=N–C) groups is 1. The van der Waals surface area contributed by atoms with E-state index in [-0.39, 0.29) is 0 Å². The molecule has 1 aliphatic heterocycles. The number of nitrogens with zero attached hydrogens (tertiary/aromatic N) is 1. The predicted molar refractivity (Wildman–Crippen MR) is 61.3 cm³/mol. The molecule has 0 amide bonds. The van der Waals surface area contributed by atoms with Gasteiger partial charge in [0.1, 0.15) is 10.8 Å². The lowest BCUT2D eigenvalue weighted by molar-refractivity contribution is 0.474. The van der Waals surface area contributed by atoms with Gasteiger partial charge in [-0.2, -0.15) is 0 Å². The standard InChI is InChI=1S/C11H13NOS/c1-7-3-4-9(10(13)5-7)11-12-8(2)6-14-11/h3-5,8,13H,6H2,1-2H3/t8-/m1/s1. The highest BCUT2D eigenvalue weighted by molar-refractivity contribution is 8.14. The van der Waals surface area contributed by atoms with Crippen molar-refractivity contribution in [3.63, 3.8) is 0 Å². The van der Waals surface area contributed by atoms with E-state index in [2.05, 4.69) is 11.9 Å². The molecule has 1 aromatic carbocycles. The summed E-state index contributed by atoms with van der Waals surface area (Å²) in [5.41, 5.74) is 1.94. The molecule has 0 aromatic heterocycles. The first kappa shape index (κ1) is 9.59. The van der Waals surface area contributed by atoms with Crippen LogP contribution in [0.1, 0.15) is 18.1 Å². The Morgan fingerprint density at radius 1 is 1.50 bits per heavy atom. The number of rotatable bonds is 1. The number of hydrogen-bond donors (Lipinski definition) is 1. The Balaban J connectivity index is 2.37. The van der Waals surface area contributed by atoms with Crippen molar-refractivity contribution in [1.29, 1.82) is 0 Å². The van der Waals surface area contributed by atoms with Crippen molar-refractivity contribution in [2.45, 2.75) is 19.9 Å². The summed E-state index contributed by atoms with van der Waals surface area (Å²) in [4.78, 5) is 4.47. The zero-order chi connectivity index (χ0) is 10.1. The molecule has 0 aliphatic carbocycles. The highest BCUT2D eigenvalue weighted by Gasteiger charge is 2.17. The van der Waals surface area contributed by atoms with Crippen molar-refractivity contribution in [1.82, 2.24) is 0 Å². The number of thioether (sulfide) groups is 1. The minimum absolute atomic E-state index is 0.338. The number of hydrogen-bond acceptors (Lipinski definition) is 3. The monoisotopic (exact) mass is 207 g/mol. The van der Waals surface area contributed by atoms with Gasteiger partial charge in [-0.15, -0.1) is 11.8 Å². The van der Waals surface area contributed by atoms with Gasteiger partial charge in [-0.3, -0.25) is 4.99 Å². The van der Waals surface area contributed by atoms with E-state index >= 15 is 0 Å². The molecule has 0 unspecified atom stereocenters. The molecule has 2 nitrogen and oxygen atoms in total. The van der Waals surface area contributed by atoms with Crippen LogP contribution in [0, 0.1) is 6.92 Å². The second-order valence-electron chi connectivity index (χ2n) is 3.61. The molecule has 1 aromatic rings. The SMILES string of the molecule is Cc1ccc(C2=N[C@H](C)CS2)c(O)c1. The van der Waals surface area contributed by atoms with Gasteiger partial charge in [0.15, 0.2) is 0 Å². The quantitative estimate of drug-likeness (QED) is 0.767. The third kappa shape index (κ3) is 1.77. The lowest BCUT2D eigenvalue weighted by Crippen LogP contribution is -1.94. The third-order valence-corrected chi connectivity index (χ3v) is 3.43. The van der Waals surface area contributed by atoms with Gasteiger partial charge >= 0.3 is 0 Å². The van der Waals surface area contributed by atoms with Crippen LogP contribution in [0.15, 0.2) is 23.2 Å². The van der Waals surface area contributed by atoms with Crippen molar-refractivity contribution in [2.75, 3.05) is 5.75 Å². The molecule has 0 radical (unpaired) electrons. The number of phenols is 1. The third-order valence-electron chi connectivity index (χ3n) is 2.18. The summed E-state index contributed by atoms with van der Waals surface area (Å²) in [6.45, 7) is 4.06. The van der Waals surface area contributed by atoms with E-state index < -0.39 is 0 Å². The van der Waals surface area contributed by atoms with Crippen LogP contribution in [-0.4, -0.2) is 21.9 Å². The van der Waals surface area contributed by atoms with Gasteiger partial charge < -0.3 is 5.11 Å². The van der Waals surface area contributed by atoms with Gasteiger partial charge in [0.05, 0.1) is 6.04 Å². The molecular formula is C11H13NOS. The van der Waals surface area contributed by atoms with Crippen molar-refractivity contribution < 1.29 is 5.11 Å². The maximum atomic E-state index is 9.74. The van der Waals surface area contributed by atoms with Crippen LogP contribution in [0.4, 0.5) is 0 Å². The summed E-state index contributed by atoms with van der Waals surface area (Å²) >= 11 is 1.71. The number of phenolic OH excluding ortho intramolecular Hbond substituents is 1. The van der Waals surface area contributed by atoms with Gasteiger partial charge in [-0.05, 0) is 31.5 Å². The highest BCUT2D eigenvalue weighted by Crippen LogP contribution is 2.28. The maximum Gasteiger partial charge on any atom is 0.125 e. The van der Waals surface area contributed by atoms with Crippen molar-refractivity contribution in [3.05, 3.63) is 29.3 Å². The normalized spacial score (nSPS) is 21.0. The van der Waals surface area contributed by atoms with E-state index in [0.29, 0.717) is 11.8 Å². The molecular weight excluding hydrogens is 194 g/mol. The Labute approximate surface area is 88.1 Å². The molecule has 0 spiro atoms. The van der Waals surface area contributed by atoms with Crippen LogP contribution < -0.4 is 0 Å². The zero-order valence-corrected chi connectivity index (χ0v) is 9.14. The molecule has 0 saturated carbocycles. The molecule has 0 fully saturated rings. The smallest absolute Gasteiger partial charge is 0.125 e. The van der Waals surface area contributed by atoms with Gasteiger partial charge in [0.25, 0.3) is 0 Å². The van der Waals surface area contributed by atoms with E-state index in [1.165, 1.54) is 0 Å². The van der Waals surface area contributed by atoms with E-state index in [9.17, 15) is 5.11 Å². The Kier molecular flexibility index (Phi) is 2.50. The van der Waals surface area contributed by atoms with Crippen LogP contribution in [-0.2, 0) is 0 Å². The largest absolute Gasteiger partial charge is 0.507 e. The summed E-state index contributed by atoms with van der Waals surface area (Å²) in [7, 11) is 0.